The third kappa shape index (κ3) is 7.94. The summed E-state index contributed by atoms with van der Waals surface area (Å²) in [5.74, 6) is 0. The molecule has 0 aromatic rings. The first kappa shape index (κ1) is 18.9. The predicted octanol–water partition coefficient (Wildman–Crippen LogP) is 5.20. The summed E-state index contributed by atoms with van der Waals surface area (Å²) in [5, 5.41) is 0. The molecule has 116 valence electrons. The van der Waals surface area contributed by atoms with Crippen molar-refractivity contribution in [3.05, 3.63) is 0 Å². The Morgan fingerprint density at radius 3 is 1.58 bits per heavy atom. The highest BCUT2D eigenvalue weighted by molar-refractivity contribution is 4.88. The highest BCUT2D eigenvalue weighted by Crippen LogP contribution is 2.40. The van der Waals surface area contributed by atoms with E-state index in [-0.39, 0.29) is 22.2 Å². The first-order chi connectivity index (χ1) is 8.24. The van der Waals surface area contributed by atoms with Crippen LogP contribution in [0.2, 0.25) is 0 Å². The van der Waals surface area contributed by atoms with Crippen LogP contribution in [0.3, 0.4) is 0 Å². The molecular weight excluding hydrogens is 236 g/mol. The number of ether oxygens (including phenoxy) is 2. The van der Waals surface area contributed by atoms with Crippen LogP contribution in [0.25, 0.3) is 0 Å². The lowest BCUT2D eigenvalue weighted by molar-refractivity contribution is -0.136. The van der Waals surface area contributed by atoms with Gasteiger partial charge in [0.05, 0.1) is 16.8 Å². The highest BCUT2D eigenvalue weighted by atomic mass is 16.5. The van der Waals surface area contributed by atoms with E-state index >= 15 is 0 Å². The van der Waals surface area contributed by atoms with Crippen molar-refractivity contribution in [1.82, 2.24) is 0 Å². The van der Waals surface area contributed by atoms with Crippen molar-refractivity contribution in [2.24, 2.45) is 5.41 Å². The van der Waals surface area contributed by atoms with Gasteiger partial charge >= 0.3 is 0 Å². The summed E-state index contributed by atoms with van der Waals surface area (Å²) in [5.41, 5.74) is -0.0735. The maximum atomic E-state index is 6.20. The van der Waals surface area contributed by atoms with Gasteiger partial charge in [-0.15, -0.1) is 0 Å². The second kappa shape index (κ2) is 6.13. The van der Waals surface area contributed by atoms with Gasteiger partial charge in [0, 0.05) is 7.11 Å². The predicted molar refractivity (Wildman–Crippen MR) is 83.6 cm³/mol. The average Bonchev–Trinajstić information content (AvgIpc) is 2.10. The van der Waals surface area contributed by atoms with E-state index in [1.54, 1.807) is 0 Å². The smallest absolute Gasteiger partial charge is 0.0653 e. The summed E-state index contributed by atoms with van der Waals surface area (Å²) in [7, 11) is 1.82. The van der Waals surface area contributed by atoms with E-state index < -0.39 is 0 Å². The molecule has 0 aromatic carbocycles. The first-order valence-electron chi connectivity index (χ1n) is 7.50. The van der Waals surface area contributed by atoms with Gasteiger partial charge in [0.2, 0.25) is 0 Å². The SMILES string of the molecule is CCC(C)(CC(C)(C)CC(C)(C)OC(C)(C)C)OC. The summed E-state index contributed by atoms with van der Waals surface area (Å²) in [6.07, 6.45) is 3.10. The second-order valence-electron chi connectivity index (χ2n) is 8.50. The maximum absolute atomic E-state index is 6.20. The summed E-state index contributed by atoms with van der Waals surface area (Å²) in [4.78, 5) is 0. The van der Waals surface area contributed by atoms with Crippen molar-refractivity contribution in [1.29, 1.82) is 0 Å². The molecule has 0 saturated carbocycles. The second-order valence-corrected chi connectivity index (χ2v) is 8.50. The number of rotatable bonds is 7. The lowest BCUT2D eigenvalue weighted by Crippen LogP contribution is -2.41. The lowest BCUT2D eigenvalue weighted by Gasteiger charge is -2.42. The fraction of sp³-hybridized carbons (Fsp3) is 1.00. The van der Waals surface area contributed by atoms with Gasteiger partial charge in [-0.05, 0) is 66.2 Å². The Kier molecular flexibility index (Phi) is 6.11. The van der Waals surface area contributed by atoms with E-state index in [1.807, 2.05) is 7.11 Å². The monoisotopic (exact) mass is 272 g/mol. The van der Waals surface area contributed by atoms with E-state index in [4.69, 9.17) is 9.47 Å². The van der Waals surface area contributed by atoms with Crippen LogP contribution in [0.15, 0.2) is 0 Å². The molecule has 0 heterocycles. The highest BCUT2D eigenvalue weighted by Gasteiger charge is 2.37. The van der Waals surface area contributed by atoms with Gasteiger partial charge in [0.15, 0.2) is 0 Å². The standard InChI is InChI=1S/C17H36O2/c1-11-17(9,18-10)13-15(5,6)12-16(7,8)19-14(2,3)4/h11-13H2,1-10H3. The van der Waals surface area contributed by atoms with Crippen molar-refractivity contribution >= 4 is 0 Å². The Morgan fingerprint density at radius 1 is 0.789 bits per heavy atom. The third-order valence-corrected chi connectivity index (χ3v) is 3.58. The Labute approximate surface area is 121 Å². The summed E-state index contributed by atoms with van der Waals surface area (Å²) in [6.45, 7) is 19.8. The van der Waals surface area contributed by atoms with Crippen molar-refractivity contribution in [2.75, 3.05) is 7.11 Å². The molecule has 19 heavy (non-hydrogen) atoms. The van der Waals surface area contributed by atoms with E-state index in [1.165, 1.54) is 0 Å². The molecular formula is C17H36O2. The maximum Gasteiger partial charge on any atom is 0.0653 e. The third-order valence-electron chi connectivity index (χ3n) is 3.58. The molecule has 0 saturated heterocycles. The molecule has 0 fully saturated rings. The van der Waals surface area contributed by atoms with Gasteiger partial charge < -0.3 is 9.47 Å². The fourth-order valence-corrected chi connectivity index (χ4v) is 3.43. The molecule has 0 N–H and O–H groups in total. The topological polar surface area (TPSA) is 18.5 Å². The van der Waals surface area contributed by atoms with Crippen LogP contribution in [0.1, 0.15) is 81.6 Å². The molecule has 2 heteroatoms. The zero-order valence-electron chi connectivity index (χ0n) is 14.9. The first-order valence-corrected chi connectivity index (χ1v) is 7.50. The normalized spacial score (nSPS) is 17.4. The molecule has 0 bridgehead atoms. The molecule has 0 aliphatic rings. The molecule has 1 unspecified atom stereocenters. The van der Waals surface area contributed by atoms with Crippen LogP contribution in [-0.4, -0.2) is 23.9 Å². The van der Waals surface area contributed by atoms with Crippen LogP contribution in [-0.2, 0) is 9.47 Å². The molecule has 0 spiro atoms. The zero-order chi connectivity index (χ0) is 15.5. The van der Waals surface area contributed by atoms with Crippen LogP contribution >= 0.6 is 0 Å². The Balaban J connectivity index is 4.76. The average molecular weight is 272 g/mol. The minimum atomic E-state index is -0.121. The number of hydrogen-bond acceptors (Lipinski definition) is 2. The van der Waals surface area contributed by atoms with Gasteiger partial charge in [0.25, 0.3) is 0 Å². The van der Waals surface area contributed by atoms with Crippen molar-refractivity contribution in [3.8, 4) is 0 Å². The van der Waals surface area contributed by atoms with Crippen LogP contribution in [0.5, 0.6) is 0 Å². The molecule has 0 aromatic heterocycles. The quantitative estimate of drug-likeness (QED) is 0.634. The minimum Gasteiger partial charge on any atom is -0.379 e. The van der Waals surface area contributed by atoms with Crippen molar-refractivity contribution < 1.29 is 9.47 Å². The molecule has 0 aliphatic heterocycles. The van der Waals surface area contributed by atoms with Gasteiger partial charge in [-0.2, -0.15) is 0 Å². The summed E-state index contributed by atoms with van der Waals surface area (Å²) >= 11 is 0. The van der Waals surface area contributed by atoms with Gasteiger partial charge in [-0.25, -0.2) is 0 Å². The van der Waals surface area contributed by atoms with E-state index in [2.05, 4.69) is 62.3 Å². The number of hydrogen-bond donors (Lipinski definition) is 0. The minimum absolute atomic E-state index is 0.0404. The van der Waals surface area contributed by atoms with E-state index in [0.29, 0.717) is 0 Å². The Morgan fingerprint density at radius 2 is 1.26 bits per heavy atom. The van der Waals surface area contributed by atoms with Crippen molar-refractivity contribution in [3.63, 3.8) is 0 Å². The van der Waals surface area contributed by atoms with E-state index in [0.717, 1.165) is 19.3 Å². The summed E-state index contributed by atoms with van der Waals surface area (Å²) < 4.78 is 11.9. The van der Waals surface area contributed by atoms with Gasteiger partial charge in [-0.3, -0.25) is 0 Å². The van der Waals surface area contributed by atoms with Gasteiger partial charge in [-0.1, -0.05) is 20.8 Å². The van der Waals surface area contributed by atoms with Crippen LogP contribution in [0.4, 0.5) is 0 Å². The molecule has 0 rings (SSSR count). The van der Waals surface area contributed by atoms with Crippen molar-refractivity contribution in [2.45, 2.75) is 98.4 Å². The van der Waals surface area contributed by atoms with Crippen LogP contribution in [0, 0.1) is 5.41 Å². The van der Waals surface area contributed by atoms with E-state index in [9.17, 15) is 0 Å². The molecule has 0 aliphatic carbocycles. The molecule has 0 amide bonds. The zero-order valence-corrected chi connectivity index (χ0v) is 14.9. The molecule has 0 radical (unpaired) electrons. The lowest BCUT2D eigenvalue weighted by atomic mass is 9.73. The van der Waals surface area contributed by atoms with Gasteiger partial charge in [0.1, 0.15) is 0 Å². The Hall–Kier alpha value is -0.0800. The largest absolute Gasteiger partial charge is 0.379 e. The molecule has 1 atom stereocenters. The Bertz CT molecular complexity index is 267. The van der Waals surface area contributed by atoms with Crippen LogP contribution < -0.4 is 0 Å². The number of methoxy groups -OCH3 is 1. The summed E-state index contributed by atoms with van der Waals surface area (Å²) in [6, 6.07) is 0. The molecule has 2 nitrogen and oxygen atoms in total. The fourth-order valence-electron chi connectivity index (χ4n) is 3.43.